The fourth-order valence-electron chi connectivity index (χ4n) is 2.06. The number of halogens is 3. The largest absolute Gasteiger partial charge is 0.479 e. The van der Waals surface area contributed by atoms with E-state index in [1.165, 1.54) is 0 Å². The van der Waals surface area contributed by atoms with Crippen LogP contribution in [0.5, 0.6) is 0 Å². The molecule has 18 heavy (non-hydrogen) atoms. The van der Waals surface area contributed by atoms with Crippen LogP contribution in [-0.2, 0) is 4.79 Å². The minimum absolute atomic E-state index is 0.0112. The predicted molar refractivity (Wildman–Crippen MR) is 56.0 cm³/mol. The van der Waals surface area contributed by atoms with E-state index in [2.05, 4.69) is 5.32 Å². The highest BCUT2D eigenvalue weighted by Gasteiger charge is 2.67. The third kappa shape index (κ3) is 2.23. The number of likely N-dealkylation sites (tertiary alicyclic amines) is 1. The van der Waals surface area contributed by atoms with Crippen LogP contribution < -0.4 is 5.32 Å². The molecule has 0 radical (unpaired) electrons. The molecule has 2 amide bonds. The third-order valence-corrected chi connectivity index (χ3v) is 2.86. The normalized spacial score (nSPS) is 24.4. The monoisotopic (exact) mass is 268 g/mol. The molecule has 1 rings (SSSR count). The SMILES string of the molecule is CC(C)NC(=O)N1CCCC1(C(=O)O)C(F)(F)F. The van der Waals surface area contributed by atoms with Gasteiger partial charge in [-0.25, -0.2) is 9.59 Å². The number of rotatable bonds is 2. The van der Waals surface area contributed by atoms with Crippen molar-refractivity contribution in [3.8, 4) is 0 Å². The predicted octanol–water partition coefficient (Wildman–Crippen LogP) is 1.59. The molecule has 1 saturated heterocycles. The third-order valence-electron chi connectivity index (χ3n) is 2.86. The average molecular weight is 268 g/mol. The van der Waals surface area contributed by atoms with Crippen LogP contribution in [0.3, 0.4) is 0 Å². The highest BCUT2D eigenvalue weighted by molar-refractivity contribution is 5.88. The Bertz CT molecular complexity index is 357. The molecule has 0 spiro atoms. The molecule has 1 aliphatic rings. The number of amides is 2. The molecule has 0 aromatic rings. The smallest absolute Gasteiger partial charge is 0.422 e. The Morgan fingerprint density at radius 2 is 1.94 bits per heavy atom. The molecule has 0 bridgehead atoms. The van der Waals surface area contributed by atoms with Gasteiger partial charge in [0.15, 0.2) is 0 Å². The summed E-state index contributed by atoms with van der Waals surface area (Å²) in [6, 6.07) is -1.36. The standard InChI is InChI=1S/C10H15F3N2O3/c1-6(2)14-8(18)15-5-3-4-9(15,7(16)17)10(11,12)13/h6H,3-5H2,1-2H3,(H,14,18)(H,16,17). The van der Waals surface area contributed by atoms with Gasteiger partial charge in [0.25, 0.3) is 0 Å². The lowest BCUT2D eigenvalue weighted by atomic mass is 9.95. The summed E-state index contributed by atoms with van der Waals surface area (Å²) in [7, 11) is 0. The Labute approximate surface area is 102 Å². The Hall–Kier alpha value is -1.47. The minimum atomic E-state index is -5.00. The molecule has 1 atom stereocenters. The first kappa shape index (κ1) is 14.6. The van der Waals surface area contributed by atoms with E-state index in [0.717, 1.165) is 0 Å². The molecular formula is C10H15F3N2O3. The lowest BCUT2D eigenvalue weighted by Gasteiger charge is -2.36. The van der Waals surface area contributed by atoms with Gasteiger partial charge in [-0.15, -0.1) is 0 Å². The Morgan fingerprint density at radius 1 is 1.39 bits per heavy atom. The fourth-order valence-corrected chi connectivity index (χ4v) is 2.06. The van der Waals surface area contributed by atoms with E-state index in [9.17, 15) is 22.8 Å². The maximum atomic E-state index is 13.0. The maximum Gasteiger partial charge on any atom is 0.422 e. The van der Waals surface area contributed by atoms with Crippen LogP contribution in [-0.4, -0.2) is 46.3 Å². The van der Waals surface area contributed by atoms with Gasteiger partial charge < -0.3 is 15.3 Å². The molecule has 0 aliphatic carbocycles. The number of alkyl halides is 3. The number of carboxylic acid groups (broad SMARTS) is 1. The Kier molecular flexibility index (Phi) is 3.78. The van der Waals surface area contributed by atoms with Crippen LogP contribution in [0.4, 0.5) is 18.0 Å². The topological polar surface area (TPSA) is 69.6 Å². The second-order valence-corrected chi connectivity index (χ2v) is 4.52. The fraction of sp³-hybridized carbons (Fsp3) is 0.800. The number of carbonyl (C=O) groups excluding carboxylic acids is 1. The number of carbonyl (C=O) groups is 2. The van der Waals surface area contributed by atoms with Crippen molar-refractivity contribution in [1.82, 2.24) is 10.2 Å². The molecule has 1 fully saturated rings. The zero-order chi connectivity index (χ0) is 14.1. The van der Waals surface area contributed by atoms with E-state index in [1.807, 2.05) is 0 Å². The van der Waals surface area contributed by atoms with Gasteiger partial charge in [-0.3, -0.25) is 0 Å². The number of nitrogens with zero attached hydrogens (tertiary/aromatic N) is 1. The van der Waals surface area contributed by atoms with Gasteiger partial charge in [0, 0.05) is 12.6 Å². The van der Waals surface area contributed by atoms with E-state index in [1.54, 1.807) is 13.8 Å². The first-order valence-corrected chi connectivity index (χ1v) is 5.51. The number of hydrogen-bond donors (Lipinski definition) is 2. The van der Waals surface area contributed by atoms with Crippen LogP contribution in [0.15, 0.2) is 0 Å². The first-order chi connectivity index (χ1) is 8.13. The Balaban J connectivity index is 3.10. The van der Waals surface area contributed by atoms with Crippen molar-refractivity contribution in [3.05, 3.63) is 0 Å². The summed E-state index contributed by atoms with van der Waals surface area (Å²) in [4.78, 5) is 23.1. The molecule has 0 aromatic carbocycles. The van der Waals surface area contributed by atoms with Gasteiger partial charge in [0.2, 0.25) is 5.54 Å². The quantitative estimate of drug-likeness (QED) is 0.799. The van der Waals surface area contributed by atoms with Crippen molar-refractivity contribution < 1.29 is 27.9 Å². The summed E-state index contributed by atoms with van der Waals surface area (Å²) in [5.41, 5.74) is -3.11. The van der Waals surface area contributed by atoms with E-state index in [0.29, 0.717) is 4.90 Å². The van der Waals surface area contributed by atoms with Crippen molar-refractivity contribution >= 4 is 12.0 Å². The first-order valence-electron chi connectivity index (χ1n) is 5.51. The average Bonchev–Trinajstić information content (AvgIpc) is 2.59. The Morgan fingerprint density at radius 3 is 2.33 bits per heavy atom. The summed E-state index contributed by atoms with van der Waals surface area (Å²) < 4.78 is 39.0. The zero-order valence-corrected chi connectivity index (χ0v) is 10.0. The van der Waals surface area contributed by atoms with Crippen LogP contribution in [0.2, 0.25) is 0 Å². The number of aliphatic carboxylic acids is 1. The van der Waals surface area contributed by atoms with E-state index in [-0.39, 0.29) is 19.0 Å². The van der Waals surface area contributed by atoms with Crippen LogP contribution >= 0.6 is 0 Å². The van der Waals surface area contributed by atoms with Crippen molar-refractivity contribution in [3.63, 3.8) is 0 Å². The van der Waals surface area contributed by atoms with Gasteiger partial charge in [-0.2, -0.15) is 13.2 Å². The van der Waals surface area contributed by atoms with Crippen molar-refractivity contribution in [1.29, 1.82) is 0 Å². The van der Waals surface area contributed by atoms with Gasteiger partial charge in [0.05, 0.1) is 0 Å². The molecule has 1 aliphatic heterocycles. The molecule has 5 nitrogen and oxygen atoms in total. The lowest BCUT2D eigenvalue weighted by Crippen LogP contribution is -2.64. The molecule has 2 N–H and O–H groups in total. The summed E-state index contributed by atoms with van der Waals surface area (Å²) in [6.45, 7) is 2.96. The van der Waals surface area contributed by atoms with Gasteiger partial charge in [0.1, 0.15) is 0 Å². The van der Waals surface area contributed by atoms with E-state index in [4.69, 9.17) is 5.11 Å². The summed E-state index contributed by atoms with van der Waals surface area (Å²) in [6.07, 6.45) is -5.60. The van der Waals surface area contributed by atoms with Crippen molar-refractivity contribution in [2.24, 2.45) is 0 Å². The second kappa shape index (κ2) is 4.66. The van der Waals surface area contributed by atoms with E-state index < -0.39 is 30.1 Å². The molecular weight excluding hydrogens is 253 g/mol. The molecule has 104 valence electrons. The van der Waals surface area contributed by atoms with Crippen LogP contribution in [0, 0.1) is 0 Å². The molecule has 1 unspecified atom stereocenters. The van der Waals surface area contributed by atoms with Crippen molar-refractivity contribution in [2.75, 3.05) is 6.54 Å². The highest BCUT2D eigenvalue weighted by Crippen LogP contribution is 2.43. The summed E-state index contributed by atoms with van der Waals surface area (Å²) >= 11 is 0. The summed E-state index contributed by atoms with van der Waals surface area (Å²) in [5, 5.41) is 11.2. The number of carboxylic acids is 1. The highest BCUT2D eigenvalue weighted by atomic mass is 19.4. The molecule has 1 heterocycles. The van der Waals surface area contributed by atoms with Crippen molar-refractivity contribution in [2.45, 2.75) is 44.4 Å². The lowest BCUT2D eigenvalue weighted by molar-refractivity contribution is -0.223. The number of nitrogens with one attached hydrogen (secondary N) is 1. The van der Waals surface area contributed by atoms with Gasteiger partial charge >= 0.3 is 18.2 Å². The van der Waals surface area contributed by atoms with E-state index >= 15 is 0 Å². The molecule has 0 aromatic heterocycles. The second-order valence-electron chi connectivity index (χ2n) is 4.52. The molecule has 0 saturated carbocycles. The summed E-state index contributed by atoms with van der Waals surface area (Å²) in [5.74, 6) is -2.04. The number of hydrogen-bond acceptors (Lipinski definition) is 2. The zero-order valence-electron chi connectivity index (χ0n) is 10.0. The van der Waals surface area contributed by atoms with Gasteiger partial charge in [-0.05, 0) is 26.7 Å². The maximum absolute atomic E-state index is 13.0. The minimum Gasteiger partial charge on any atom is -0.479 e. The molecule has 8 heteroatoms. The van der Waals surface area contributed by atoms with Crippen LogP contribution in [0.25, 0.3) is 0 Å². The van der Waals surface area contributed by atoms with Crippen LogP contribution in [0.1, 0.15) is 26.7 Å². The van der Waals surface area contributed by atoms with Gasteiger partial charge in [-0.1, -0.05) is 0 Å². The number of urea groups is 1.